The normalized spacial score (nSPS) is 24.7. The minimum Gasteiger partial charge on any atom is -0.467 e. The predicted octanol–water partition coefficient (Wildman–Crippen LogP) is -0.317. The number of hydrogen-bond acceptors (Lipinski definition) is 5. The number of esters is 1. The molecular formula is C9H15FO5S. The van der Waals surface area contributed by atoms with Crippen LogP contribution in [-0.4, -0.2) is 50.4 Å². The molecular weight excluding hydrogens is 239 g/mol. The molecule has 0 aliphatic carbocycles. The Hall–Kier alpha value is -0.690. The molecule has 1 N–H and O–H groups in total. The number of ether oxygens (including phenoxy) is 1. The Kier molecular flexibility index (Phi) is 4.26. The van der Waals surface area contributed by atoms with Gasteiger partial charge in [-0.15, -0.1) is 0 Å². The van der Waals surface area contributed by atoms with Gasteiger partial charge in [0.05, 0.1) is 24.7 Å². The standard InChI is InChI=1S/C9H15FO5S/c1-15-9(12)7(10)8(11)6-2-4-16(13,14)5-3-6/h6-8,11H,2-5H2,1H3. The predicted molar refractivity (Wildman–Crippen MR) is 54.3 cm³/mol. The summed E-state index contributed by atoms with van der Waals surface area (Å²) < 4.78 is 39.7. The largest absolute Gasteiger partial charge is 0.467 e. The fourth-order valence-corrected chi connectivity index (χ4v) is 3.27. The molecule has 1 aliphatic heterocycles. The summed E-state index contributed by atoms with van der Waals surface area (Å²) in [5, 5.41) is 9.54. The fraction of sp³-hybridized carbons (Fsp3) is 0.889. The van der Waals surface area contributed by atoms with E-state index >= 15 is 0 Å². The molecule has 0 amide bonds. The van der Waals surface area contributed by atoms with Gasteiger partial charge in [0.25, 0.3) is 0 Å². The van der Waals surface area contributed by atoms with E-state index in [4.69, 9.17) is 0 Å². The van der Waals surface area contributed by atoms with Crippen LogP contribution in [-0.2, 0) is 19.4 Å². The third-order valence-electron chi connectivity index (χ3n) is 2.81. The van der Waals surface area contributed by atoms with Crippen LogP contribution in [0.5, 0.6) is 0 Å². The van der Waals surface area contributed by atoms with Crippen molar-refractivity contribution in [2.24, 2.45) is 5.92 Å². The van der Waals surface area contributed by atoms with Crippen molar-refractivity contribution in [2.75, 3.05) is 18.6 Å². The molecule has 1 heterocycles. The van der Waals surface area contributed by atoms with Crippen molar-refractivity contribution in [3.8, 4) is 0 Å². The Bertz CT molecular complexity index is 339. The molecule has 1 rings (SSSR count). The van der Waals surface area contributed by atoms with E-state index in [2.05, 4.69) is 4.74 Å². The van der Waals surface area contributed by atoms with E-state index in [-0.39, 0.29) is 24.3 Å². The van der Waals surface area contributed by atoms with Crippen molar-refractivity contribution in [3.05, 3.63) is 0 Å². The first-order valence-corrected chi connectivity index (χ1v) is 6.80. The van der Waals surface area contributed by atoms with Crippen LogP contribution in [0.3, 0.4) is 0 Å². The highest BCUT2D eigenvalue weighted by atomic mass is 32.2. The number of carbonyl (C=O) groups excluding carboxylic acids is 1. The summed E-state index contributed by atoms with van der Waals surface area (Å²) in [7, 11) is -2.02. The van der Waals surface area contributed by atoms with Crippen LogP contribution < -0.4 is 0 Å². The van der Waals surface area contributed by atoms with Crippen LogP contribution in [0.25, 0.3) is 0 Å². The van der Waals surface area contributed by atoms with Gasteiger partial charge in [-0.1, -0.05) is 0 Å². The van der Waals surface area contributed by atoms with E-state index in [0.717, 1.165) is 7.11 Å². The number of aliphatic hydroxyl groups excluding tert-OH is 1. The van der Waals surface area contributed by atoms with E-state index in [9.17, 15) is 22.7 Å². The van der Waals surface area contributed by atoms with Crippen molar-refractivity contribution < 1.29 is 27.4 Å². The molecule has 1 fully saturated rings. The van der Waals surface area contributed by atoms with E-state index in [0.29, 0.717) is 0 Å². The van der Waals surface area contributed by atoms with Crippen molar-refractivity contribution in [1.29, 1.82) is 0 Å². The molecule has 0 radical (unpaired) electrons. The maximum Gasteiger partial charge on any atom is 0.343 e. The molecule has 1 saturated heterocycles. The van der Waals surface area contributed by atoms with Crippen LogP contribution in [0.1, 0.15) is 12.8 Å². The molecule has 2 unspecified atom stereocenters. The first-order valence-electron chi connectivity index (χ1n) is 4.98. The first-order chi connectivity index (χ1) is 7.37. The Labute approximate surface area is 93.5 Å². The van der Waals surface area contributed by atoms with Crippen molar-refractivity contribution in [3.63, 3.8) is 0 Å². The minimum absolute atomic E-state index is 0.0668. The lowest BCUT2D eigenvalue weighted by atomic mass is 9.93. The Morgan fingerprint density at radius 1 is 1.44 bits per heavy atom. The average molecular weight is 254 g/mol. The van der Waals surface area contributed by atoms with Gasteiger partial charge in [-0.25, -0.2) is 17.6 Å². The van der Waals surface area contributed by atoms with Gasteiger partial charge in [0.2, 0.25) is 6.17 Å². The van der Waals surface area contributed by atoms with E-state index in [1.807, 2.05) is 0 Å². The summed E-state index contributed by atoms with van der Waals surface area (Å²) in [4.78, 5) is 10.8. The monoisotopic (exact) mass is 254 g/mol. The number of aliphatic hydroxyl groups is 1. The molecule has 7 heteroatoms. The smallest absolute Gasteiger partial charge is 0.343 e. The molecule has 0 bridgehead atoms. The van der Waals surface area contributed by atoms with Gasteiger partial charge >= 0.3 is 5.97 Å². The number of methoxy groups -OCH3 is 1. The molecule has 1 aliphatic rings. The number of sulfone groups is 1. The van der Waals surface area contributed by atoms with Gasteiger partial charge in [0, 0.05) is 0 Å². The minimum atomic E-state index is -3.05. The van der Waals surface area contributed by atoms with Crippen molar-refractivity contribution >= 4 is 15.8 Å². The third-order valence-corrected chi connectivity index (χ3v) is 4.52. The summed E-state index contributed by atoms with van der Waals surface area (Å²) in [6, 6.07) is 0. The summed E-state index contributed by atoms with van der Waals surface area (Å²) in [5.41, 5.74) is 0. The van der Waals surface area contributed by atoms with Gasteiger partial charge in [-0.2, -0.15) is 0 Å². The average Bonchev–Trinajstić information content (AvgIpc) is 2.26. The number of rotatable bonds is 3. The summed E-state index contributed by atoms with van der Waals surface area (Å²) in [6.07, 6.45) is -3.22. The maximum atomic E-state index is 13.3. The van der Waals surface area contributed by atoms with E-state index in [1.54, 1.807) is 0 Å². The molecule has 0 aromatic rings. The summed E-state index contributed by atoms with van der Waals surface area (Å²) in [5.74, 6) is -1.76. The lowest BCUT2D eigenvalue weighted by molar-refractivity contribution is -0.152. The summed E-state index contributed by atoms with van der Waals surface area (Å²) >= 11 is 0. The molecule has 2 atom stereocenters. The maximum absolute atomic E-state index is 13.3. The number of carbonyl (C=O) groups is 1. The zero-order valence-corrected chi connectivity index (χ0v) is 9.74. The molecule has 0 aromatic carbocycles. The highest BCUT2D eigenvalue weighted by Gasteiger charge is 2.36. The quantitative estimate of drug-likeness (QED) is 0.698. The second kappa shape index (κ2) is 5.09. The van der Waals surface area contributed by atoms with Gasteiger partial charge in [-0.05, 0) is 18.8 Å². The van der Waals surface area contributed by atoms with E-state index < -0.39 is 34.0 Å². The second-order valence-electron chi connectivity index (χ2n) is 3.90. The van der Waals surface area contributed by atoms with Crippen LogP contribution in [0.2, 0.25) is 0 Å². The second-order valence-corrected chi connectivity index (χ2v) is 6.21. The van der Waals surface area contributed by atoms with Crippen molar-refractivity contribution in [2.45, 2.75) is 25.1 Å². The number of hydrogen-bond donors (Lipinski definition) is 1. The molecule has 16 heavy (non-hydrogen) atoms. The van der Waals surface area contributed by atoms with Gasteiger partial charge in [0.15, 0.2) is 0 Å². The van der Waals surface area contributed by atoms with Crippen molar-refractivity contribution in [1.82, 2.24) is 0 Å². The number of halogens is 1. The Morgan fingerprint density at radius 3 is 2.38 bits per heavy atom. The fourth-order valence-electron chi connectivity index (χ4n) is 1.74. The Morgan fingerprint density at radius 2 is 1.94 bits per heavy atom. The summed E-state index contributed by atoms with van der Waals surface area (Å²) in [6.45, 7) is 0. The highest BCUT2D eigenvalue weighted by molar-refractivity contribution is 7.91. The Balaban J connectivity index is 2.56. The molecule has 5 nitrogen and oxygen atoms in total. The van der Waals surface area contributed by atoms with Crippen LogP contribution in [0.4, 0.5) is 4.39 Å². The van der Waals surface area contributed by atoms with Crippen LogP contribution in [0, 0.1) is 5.92 Å². The zero-order chi connectivity index (χ0) is 12.3. The SMILES string of the molecule is COC(=O)C(F)C(O)C1CCS(=O)(=O)CC1. The number of alkyl halides is 1. The van der Waals surface area contributed by atoms with Gasteiger partial charge in [-0.3, -0.25) is 0 Å². The topological polar surface area (TPSA) is 80.7 Å². The van der Waals surface area contributed by atoms with Crippen LogP contribution in [0.15, 0.2) is 0 Å². The third kappa shape index (κ3) is 3.15. The lowest BCUT2D eigenvalue weighted by Gasteiger charge is -2.27. The van der Waals surface area contributed by atoms with Crippen LogP contribution >= 0.6 is 0 Å². The first kappa shape index (κ1) is 13.4. The van der Waals surface area contributed by atoms with Gasteiger partial charge < -0.3 is 9.84 Å². The van der Waals surface area contributed by atoms with Gasteiger partial charge in [0.1, 0.15) is 9.84 Å². The molecule has 0 spiro atoms. The van der Waals surface area contributed by atoms with E-state index in [1.165, 1.54) is 0 Å². The molecule has 94 valence electrons. The molecule has 0 saturated carbocycles. The lowest BCUT2D eigenvalue weighted by Crippen LogP contribution is -2.40. The molecule has 0 aromatic heterocycles. The highest BCUT2D eigenvalue weighted by Crippen LogP contribution is 2.25. The zero-order valence-electron chi connectivity index (χ0n) is 8.93.